The Hall–Kier alpha value is -0.520. The summed E-state index contributed by atoms with van der Waals surface area (Å²) in [5.74, 6) is 0.840. The van der Waals surface area contributed by atoms with Crippen LogP contribution >= 0.6 is 23.6 Å². The van der Waals surface area contributed by atoms with Gasteiger partial charge in [-0.25, -0.2) is 4.98 Å². The third-order valence-corrected chi connectivity index (χ3v) is 4.62. The molecule has 1 unspecified atom stereocenters. The lowest BCUT2D eigenvalue weighted by molar-refractivity contribution is 0.186. The summed E-state index contributed by atoms with van der Waals surface area (Å²) in [7, 11) is 0. The number of thiazole rings is 1. The fourth-order valence-corrected chi connectivity index (χ4v) is 3.22. The minimum absolute atomic E-state index is 0.459. The van der Waals surface area contributed by atoms with E-state index >= 15 is 0 Å². The van der Waals surface area contributed by atoms with E-state index in [0.717, 1.165) is 28.8 Å². The molecule has 0 aromatic carbocycles. The predicted octanol–water partition coefficient (Wildman–Crippen LogP) is 2.05. The smallest absolute Gasteiger partial charge is 0.115 e. The fraction of sp³-hybridized carbons (Fsp3) is 0.667. The zero-order chi connectivity index (χ0) is 12.3. The van der Waals surface area contributed by atoms with Crippen LogP contribution in [0.15, 0.2) is 6.20 Å². The van der Waals surface area contributed by atoms with Crippen LogP contribution in [0.3, 0.4) is 0 Å². The average Bonchev–Trinajstić information content (AvgIpc) is 2.75. The van der Waals surface area contributed by atoms with Gasteiger partial charge in [0.05, 0.1) is 9.88 Å². The zero-order valence-electron chi connectivity index (χ0n) is 10.2. The summed E-state index contributed by atoms with van der Waals surface area (Å²) >= 11 is 6.56. The molecule has 1 aromatic heterocycles. The van der Waals surface area contributed by atoms with Crippen molar-refractivity contribution in [1.29, 1.82) is 0 Å². The first kappa shape index (κ1) is 12.9. The molecule has 94 valence electrons. The van der Waals surface area contributed by atoms with Crippen molar-refractivity contribution in [1.82, 2.24) is 9.88 Å². The molecule has 0 amide bonds. The van der Waals surface area contributed by atoms with Crippen molar-refractivity contribution < 1.29 is 0 Å². The second-order valence-electron chi connectivity index (χ2n) is 4.78. The molecular formula is C12H19N3S2. The van der Waals surface area contributed by atoms with Gasteiger partial charge >= 0.3 is 0 Å². The summed E-state index contributed by atoms with van der Waals surface area (Å²) in [4.78, 5) is 8.29. The summed E-state index contributed by atoms with van der Waals surface area (Å²) in [6.45, 7) is 5.90. The van der Waals surface area contributed by atoms with Crippen molar-refractivity contribution in [3.05, 3.63) is 16.1 Å². The molecule has 2 rings (SSSR count). The molecule has 1 fully saturated rings. The van der Waals surface area contributed by atoms with Gasteiger partial charge in [-0.05, 0) is 25.3 Å². The third-order valence-electron chi connectivity index (χ3n) is 3.18. The van der Waals surface area contributed by atoms with Gasteiger partial charge in [0.2, 0.25) is 0 Å². The summed E-state index contributed by atoms with van der Waals surface area (Å²) in [5.41, 5.74) is 5.58. The van der Waals surface area contributed by atoms with Crippen LogP contribution < -0.4 is 5.73 Å². The van der Waals surface area contributed by atoms with Gasteiger partial charge in [-0.2, -0.15) is 0 Å². The van der Waals surface area contributed by atoms with Crippen LogP contribution in [0.25, 0.3) is 0 Å². The van der Waals surface area contributed by atoms with E-state index in [4.69, 9.17) is 18.0 Å². The van der Waals surface area contributed by atoms with E-state index in [0.29, 0.717) is 4.99 Å². The minimum Gasteiger partial charge on any atom is -0.389 e. The second-order valence-corrected chi connectivity index (χ2v) is 6.34. The van der Waals surface area contributed by atoms with E-state index in [2.05, 4.69) is 16.8 Å². The van der Waals surface area contributed by atoms with Gasteiger partial charge in [-0.1, -0.05) is 19.1 Å². The van der Waals surface area contributed by atoms with E-state index in [-0.39, 0.29) is 0 Å². The number of aromatic nitrogens is 1. The molecule has 3 nitrogen and oxygen atoms in total. The Labute approximate surface area is 112 Å². The maximum Gasteiger partial charge on any atom is 0.115 e. The quantitative estimate of drug-likeness (QED) is 0.850. The van der Waals surface area contributed by atoms with Gasteiger partial charge < -0.3 is 10.6 Å². The van der Waals surface area contributed by atoms with Gasteiger partial charge in [-0.3, -0.25) is 0 Å². The second kappa shape index (κ2) is 5.89. The van der Waals surface area contributed by atoms with E-state index < -0.39 is 0 Å². The van der Waals surface area contributed by atoms with Crippen molar-refractivity contribution in [3.63, 3.8) is 0 Å². The molecule has 5 heteroatoms. The van der Waals surface area contributed by atoms with Crippen molar-refractivity contribution in [2.45, 2.75) is 26.2 Å². The Morgan fingerprint density at radius 3 is 3.18 bits per heavy atom. The number of piperidine rings is 1. The molecule has 0 saturated carbocycles. The van der Waals surface area contributed by atoms with Crippen LogP contribution in [-0.4, -0.2) is 34.5 Å². The number of rotatable bonds is 4. The lowest BCUT2D eigenvalue weighted by atomic mass is 10.0. The van der Waals surface area contributed by atoms with Gasteiger partial charge in [0.25, 0.3) is 0 Å². The summed E-state index contributed by atoms with van der Waals surface area (Å²) in [5, 5.41) is 1.14. The molecule has 2 N–H and O–H groups in total. The highest BCUT2D eigenvalue weighted by molar-refractivity contribution is 7.81. The van der Waals surface area contributed by atoms with Gasteiger partial charge in [-0.15, -0.1) is 11.3 Å². The van der Waals surface area contributed by atoms with Gasteiger partial charge in [0.1, 0.15) is 4.99 Å². The first-order valence-electron chi connectivity index (χ1n) is 6.12. The highest BCUT2D eigenvalue weighted by atomic mass is 32.1. The van der Waals surface area contributed by atoms with Crippen molar-refractivity contribution in [2.75, 3.05) is 19.6 Å². The molecule has 2 heterocycles. The number of hydrogen-bond acceptors (Lipinski definition) is 4. The first-order chi connectivity index (χ1) is 8.15. The first-order valence-corrected chi connectivity index (χ1v) is 7.34. The van der Waals surface area contributed by atoms with E-state index in [9.17, 15) is 0 Å². The van der Waals surface area contributed by atoms with Crippen molar-refractivity contribution >= 4 is 28.5 Å². The molecule has 17 heavy (non-hydrogen) atoms. The monoisotopic (exact) mass is 269 g/mol. The van der Waals surface area contributed by atoms with Crippen LogP contribution in [0, 0.1) is 5.92 Å². The van der Waals surface area contributed by atoms with E-state index in [1.807, 2.05) is 0 Å². The maximum atomic E-state index is 5.58. The number of nitrogens with two attached hydrogens (primary N) is 1. The Bertz CT molecular complexity index is 389. The van der Waals surface area contributed by atoms with Crippen LogP contribution in [0.2, 0.25) is 0 Å². The Morgan fingerprint density at radius 1 is 1.71 bits per heavy atom. The Balaban J connectivity index is 1.82. The number of hydrogen-bond donors (Lipinski definition) is 1. The molecule has 0 radical (unpaired) electrons. The molecule has 1 atom stereocenters. The standard InChI is InChI=1S/C12H19N3S2/c1-9-3-2-5-15(8-9)6-4-11-14-7-10(17-11)12(13)16/h7,9H,2-6,8H2,1H3,(H2,13,16). The van der Waals surface area contributed by atoms with Gasteiger partial charge in [0, 0.05) is 25.7 Å². The molecule has 0 bridgehead atoms. The summed E-state index contributed by atoms with van der Waals surface area (Å²) < 4.78 is 0. The lowest BCUT2D eigenvalue weighted by Crippen LogP contribution is -2.35. The third kappa shape index (κ3) is 3.72. The van der Waals surface area contributed by atoms with Crippen LogP contribution in [0.4, 0.5) is 0 Å². The number of thiocarbonyl (C=S) groups is 1. The molecule has 1 aliphatic rings. The summed E-state index contributed by atoms with van der Waals surface area (Å²) in [6, 6.07) is 0. The van der Waals surface area contributed by atoms with Crippen molar-refractivity contribution in [3.8, 4) is 0 Å². The van der Waals surface area contributed by atoms with E-state index in [1.54, 1.807) is 17.5 Å². The predicted molar refractivity (Wildman–Crippen MR) is 76.5 cm³/mol. The average molecular weight is 269 g/mol. The van der Waals surface area contributed by atoms with E-state index in [1.165, 1.54) is 25.9 Å². The topological polar surface area (TPSA) is 42.2 Å². The SMILES string of the molecule is CC1CCCN(CCc2ncc(C(N)=S)s2)C1. The summed E-state index contributed by atoms with van der Waals surface area (Å²) in [6.07, 6.45) is 5.51. The molecule has 0 spiro atoms. The lowest BCUT2D eigenvalue weighted by Gasteiger charge is -2.30. The highest BCUT2D eigenvalue weighted by Gasteiger charge is 2.16. The minimum atomic E-state index is 0.459. The van der Waals surface area contributed by atoms with Crippen LogP contribution in [0.5, 0.6) is 0 Å². The maximum absolute atomic E-state index is 5.58. The number of nitrogens with zero attached hydrogens (tertiary/aromatic N) is 2. The number of likely N-dealkylation sites (tertiary alicyclic amines) is 1. The molecule has 0 aliphatic carbocycles. The molecule has 1 aliphatic heterocycles. The fourth-order valence-electron chi connectivity index (χ4n) is 2.28. The molecule has 1 saturated heterocycles. The van der Waals surface area contributed by atoms with Crippen LogP contribution in [0.1, 0.15) is 29.7 Å². The largest absolute Gasteiger partial charge is 0.389 e. The van der Waals surface area contributed by atoms with Crippen molar-refractivity contribution in [2.24, 2.45) is 11.7 Å². The molecular weight excluding hydrogens is 250 g/mol. The Kier molecular flexibility index (Phi) is 4.48. The highest BCUT2D eigenvalue weighted by Crippen LogP contribution is 2.17. The van der Waals surface area contributed by atoms with Gasteiger partial charge in [0.15, 0.2) is 0 Å². The zero-order valence-corrected chi connectivity index (χ0v) is 11.8. The normalized spacial score (nSPS) is 21.6. The molecule has 1 aromatic rings. The van der Waals surface area contributed by atoms with Crippen LogP contribution in [-0.2, 0) is 6.42 Å². The Morgan fingerprint density at radius 2 is 2.53 bits per heavy atom.